The van der Waals surface area contributed by atoms with E-state index in [0.717, 1.165) is 0 Å². The summed E-state index contributed by atoms with van der Waals surface area (Å²) >= 11 is 0. The number of esters is 1. The molecule has 4 aromatic rings. The van der Waals surface area contributed by atoms with E-state index in [4.69, 9.17) is 9.47 Å². The van der Waals surface area contributed by atoms with Crippen molar-refractivity contribution in [3.05, 3.63) is 98.1 Å². The van der Waals surface area contributed by atoms with Crippen molar-refractivity contribution in [2.24, 2.45) is 0 Å². The van der Waals surface area contributed by atoms with Gasteiger partial charge in [-0.1, -0.05) is 37.3 Å². The number of aliphatic hydroxyl groups is 1. The average Bonchev–Trinajstić information content (AvgIpc) is 3.35. The monoisotopic (exact) mass is 611 g/mol. The van der Waals surface area contributed by atoms with Crippen LogP contribution < -0.4 is 10.9 Å². The van der Waals surface area contributed by atoms with Crippen LogP contribution in [0, 0.1) is 5.82 Å². The van der Waals surface area contributed by atoms with Gasteiger partial charge in [-0.15, -0.1) is 0 Å². The van der Waals surface area contributed by atoms with Crippen LogP contribution in [0.5, 0.6) is 0 Å². The number of rotatable bonds is 5. The van der Waals surface area contributed by atoms with Crippen molar-refractivity contribution < 1.29 is 41.7 Å². The van der Waals surface area contributed by atoms with Crippen LogP contribution in [0.2, 0.25) is 0 Å². The number of hydrogen-bond donors (Lipinski definition) is 2. The van der Waals surface area contributed by atoms with Crippen LogP contribution in [0.4, 0.5) is 22.4 Å². The summed E-state index contributed by atoms with van der Waals surface area (Å²) in [5, 5.41) is 13.7. The molecule has 4 heterocycles. The summed E-state index contributed by atoms with van der Waals surface area (Å²) in [4.78, 5) is 43.4. The number of pyridine rings is 2. The van der Waals surface area contributed by atoms with Gasteiger partial charge in [-0.3, -0.25) is 4.79 Å². The lowest BCUT2D eigenvalue weighted by atomic mass is 9.86. The van der Waals surface area contributed by atoms with Crippen molar-refractivity contribution in [2.45, 2.75) is 57.8 Å². The summed E-state index contributed by atoms with van der Waals surface area (Å²) in [7, 11) is 0. The number of halogens is 4. The van der Waals surface area contributed by atoms with Crippen LogP contribution in [0.25, 0.3) is 22.3 Å². The molecule has 2 N–H and O–H groups in total. The first-order chi connectivity index (χ1) is 20.8. The number of alkyl halides is 3. The van der Waals surface area contributed by atoms with Gasteiger partial charge < -0.3 is 24.5 Å². The van der Waals surface area contributed by atoms with Gasteiger partial charge in [0.15, 0.2) is 5.60 Å². The molecule has 2 aliphatic rings. The van der Waals surface area contributed by atoms with Crippen molar-refractivity contribution in [3.63, 3.8) is 0 Å². The standard InChI is InChI=1S/C31H25F4N3O6/c1-3-30(42)20-10-24-26-18(12-38(24)27(39)19(20)14-43-28(30)40)25(15(2)36-29(41)44-13-16-7-5-4-6-8-16)17-9-21(31(33,34)35)22(32)11-23(17)37-26/h4-11,15,42H,3,12-14H2,1-2H3,(H,36,41)/t15-,30+/m1/s1. The number of nitrogens with zero attached hydrogens (tertiary/aromatic N) is 2. The fraction of sp³-hybridized carbons (Fsp3) is 0.290. The first-order valence-electron chi connectivity index (χ1n) is 13.7. The Hall–Kier alpha value is -4.78. The minimum absolute atomic E-state index is 0.0399. The van der Waals surface area contributed by atoms with Gasteiger partial charge in [0.25, 0.3) is 5.56 Å². The summed E-state index contributed by atoms with van der Waals surface area (Å²) in [5.74, 6) is -2.47. The molecule has 0 bridgehead atoms. The number of carbonyl (C=O) groups is 2. The highest BCUT2D eigenvalue weighted by molar-refractivity contribution is 5.90. The van der Waals surface area contributed by atoms with Gasteiger partial charge in [0.2, 0.25) is 0 Å². The SMILES string of the molecule is CC[C@@]1(O)C(=O)OCc2c1cc1n(c2=O)Cc2c-1nc1cc(F)c(C(F)(F)F)cc1c2[C@@H](C)NC(=O)OCc1ccccc1. The van der Waals surface area contributed by atoms with E-state index < -0.39 is 46.8 Å². The maximum atomic E-state index is 14.8. The Morgan fingerprint density at radius 1 is 1.18 bits per heavy atom. The number of cyclic esters (lactones) is 1. The Morgan fingerprint density at radius 2 is 1.91 bits per heavy atom. The zero-order valence-corrected chi connectivity index (χ0v) is 23.4. The molecule has 2 atom stereocenters. The number of fused-ring (bicyclic) bond motifs is 5. The quantitative estimate of drug-likeness (QED) is 0.207. The molecular formula is C31H25F4N3O6. The molecule has 44 heavy (non-hydrogen) atoms. The molecule has 0 fully saturated rings. The van der Waals surface area contributed by atoms with Gasteiger partial charge in [0.05, 0.1) is 40.6 Å². The lowest BCUT2D eigenvalue weighted by Crippen LogP contribution is -2.44. The number of aromatic nitrogens is 2. The molecule has 9 nitrogen and oxygen atoms in total. The Kier molecular flexibility index (Phi) is 6.95. The topological polar surface area (TPSA) is 120 Å². The Morgan fingerprint density at radius 3 is 2.59 bits per heavy atom. The summed E-state index contributed by atoms with van der Waals surface area (Å²) in [6, 6.07) is 10.6. The average molecular weight is 612 g/mol. The number of benzene rings is 2. The number of carbonyl (C=O) groups excluding carboxylic acids is 2. The second-order valence-corrected chi connectivity index (χ2v) is 10.7. The van der Waals surface area contributed by atoms with Crippen LogP contribution >= 0.6 is 0 Å². The summed E-state index contributed by atoms with van der Waals surface area (Å²) in [6.45, 7) is 2.47. The first-order valence-corrected chi connectivity index (χ1v) is 13.7. The van der Waals surface area contributed by atoms with E-state index in [9.17, 15) is 37.1 Å². The predicted molar refractivity (Wildman–Crippen MR) is 148 cm³/mol. The van der Waals surface area contributed by atoms with Crippen molar-refractivity contribution in [3.8, 4) is 11.4 Å². The Bertz CT molecular complexity index is 1910. The van der Waals surface area contributed by atoms with Crippen LogP contribution in [0.3, 0.4) is 0 Å². The normalized spacial score (nSPS) is 17.8. The Balaban J connectivity index is 1.50. The maximum absolute atomic E-state index is 14.8. The molecule has 2 aliphatic heterocycles. The summed E-state index contributed by atoms with van der Waals surface area (Å²) in [6.07, 6.45) is -5.97. The molecule has 228 valence electrons. The lowest BCUT2D eigenvalue weighted by Gasteiger charge is -2.31. The van der Waals surface area contributed by atoms with Crippen LogP contribution in [-0.2, 0) is 45.8 Å². The third-order valence-corrected chi connectivity index (χ3v) is 8.11. The van der Waals surface area contributed by atoms with Gasteiger partial charge in [0, 0.05) is 22.6 Å². The smallest absolute Gasteiger partial charge is 0.419 e. The summed E-state index contributed by atoms with van der Waals surface area (Å²) < 4.78 is 67.8. The molecule has 0 radical (unpaired) electrons. The molecule has 0 spiro atoms. The highest BCUT2D eigenvalue weighted by Gasteiger charge is 2.46. The van der Waals surface area contributed by atoms with Crippen molar-refractivity contribution in [1.82, 2.24) is 14.9 Å². The van der Waals surface area contributed by atoms with E-state index >= 15 is 0 Å². The van der Waals surface area contributed by atoms with E-state index in [1.165, 1.54) is 17.6 Å². The van der Waals surface area contributed by atoms with Gasteiger partial charge in [0.1, 0.15) is 19.0 Å². The highest BCUT2D eigenvalue weighted by atomic mass is 19.4. The molecule has 0 saturated heterocycles. The van der Waals surface area contributed by atoms with Gasteiger partial charge in [-0.25, -0.2) is 19.0 Å². The summed E-state index contributed by atoms with van der Waals surface area (Å²) in [5.41, 5.74) is -2.77. The molecule has 2 aromatic heterocycles. The van der Waals surface area contributed by atoms with Gasteiger partial charge >= 0.3 is 18.2 Å². The highest BCUT2D eigenvalue weighted by Crippen LogP contribution is 2.43. The van der Waals surface area contributed by atoms with E-state index in [1.54, 1.807) is 37.3 Å². The third-order valence-electron chi connectivity index (χ3n) is 8.11. The first kappa shape index (κ1) is 29.3. The molecule has 0 aliphatic carbocycles. The molecule has 6 rings (SSSR count). The largest absolute Gasteiger partial charge is 0.458 e. The zero-order chi connectivity index (χ0) is 31.6. The fourth-order valence-electron chi connectivity index (χ4n) is 5.86. The van der Waals surface area contributed by atoms with Gasteiger partial charge in [-0.2, -0.15) is 13.2 Å². The molecule has 0 saturated carbocycles. The van der Waals surface area contributed by atoms with Crippen LogP contribution in [0.1, 0.15) is 59.7 Å². The van der Waals surface area contributed by atoms with E-state index in [0.29, 0.717) is 23.3 Å². The van der Waals surface area contributed by atoms with E-state index in [1.807, 2.05) is 0 Å². The molecular weight excluding hydrogens is 586 g/mol. The minimum atomic E-state index is -5.02. The Labute approximate surface area is 247 Å². The van der Waals surface area contributed by atoms with Crippen LogP contribution in [0.15, 0.2) is 53.3 Å². The second-order valence-electron chi connectivity index (χ2n) is 10.7. The van der Waals surface area contributed by atoms with E-state index in [-0.39, 0.29) is 65.2 Å². The zero-order valence-electron chi connectivity index (χ0n) is 23.4. The maximum Gasteiger partial charge on any atom is 0.419 e. The fourth-order valence-corrected chi connectivity index (χ4v) is 5.86. The number of ether oxygens (including phenoxy) is 2. The molecule has 1 amide bonds. The number of alkyl carbamates (subject to hydrolysis) is 1. The van der Waals surface area contributed by atoms with Gasteiger partial charge in [-0.05, 0) is 36.6 Å². The lowest BCUT2D eigenvalue weighted by molar-refractivity contribution is -0.172. The second kappa shape index (κ2) is 10.4. The molecule has 13 heteroatoms. The van der Waals surface area contributed by atoms with Crippen molar-refractivity contribution >= 4 is 23.0 Å². The minimum Gasteiger partial charge on any atom is -0.458 e. The number of amides is 1. The van der Waals surface area contributed by atoms with Crippen LogP contribution in [-0.4, -0.2) is 26.7 Å². The molecule has 0 unspecified atom stereocenters. The number of hydrogen-bond acceptors (Lipinski definition) is 7. The van der Waals surface area contributed by atoms with Crippen molar-refractivity contribution in [2.75, 3.05) is 0 Å². The van der Waals surface area contributed by atoms with Crippen molar-refractivity contribution in [1.29, 1.82) is 0 Å². The number of nitrogens with one attached hydrogen (secondary N) is 1. The van der Waals surface area contributed by atoms with E-state index in [2.05, 4.69) is 10.3 Å². The molecule has 2 aromatic carbocycles. The predicted octanol–water partition coefficient (Wildman–Crippen LogP) is 5.22. The third kappa shape index (κ3) is 4.67.